The van der Waals surface area contributed by atoms with Gasteiger partial charge in [0, 0.05) is 24.2 Å². The first-order valence-corrected chi connectivity index (χ1v) is 9.70. The Labute approximate surface area is 150 Å². The van der Waals surface area contributed by atoms with Gasteiger partial charge in [0.25, 0.3) is 5.91 Å². The van der Waals surface area contributed by atoms with Crippen molar-refractivity contribution in [1.29, 1.82) is 0 Å². The molecule has 8 heteroatoms. The molecule has 1 saturated carbocycles. The Morgan fingerprint density at radius 3 is 2.58 bits per heavy atom. The second-order valence-corrected chi connectivity index (χ2v) is 8.00. The number of nitrogens with zero attached hydrogens (tertiary/aromatic N) is 1. The zero-order chi connectivity index (χ0) is 18.3. The van der Waals surface area contributed by atoms with Gasteiger partial charge in [-0.25, -0.2) is 18.1 Å². The third kappa shape index (κ3) is 3.47. The van der Waals surface area contributed by atoms with Crippen LogP contribution in [0.4, 0.5) is 5.69 Å². The summed E-state index contributed by atoms with van der Waals surface area (Å²) in [5.74, 6) is 0.226. The fourth-order valence-corrected chi connectivity index (χ4v) is 3.90. The molecule has 2 aromatic carbocycles. The molecule has 1 heterocycles. The van der Waals surface area contributed by atoms with Crippen LogP contribution in [0.2, 0.25) is 0 Å². The van der Waals surface area contributed by atoms with Crippen LogP contribution in [0.25, 0.3) is 11.1 Å². The Morgan fingerprint density at radius 1 is 1.15 bits per heavy atom. The van der Waals surface area contributed by atoms with E-state index in [2.05, 4.69) is 15.0 Å². The van der Waals surface area contributed by atoms with E-state index in [4.69, 9.17) is 4.42 Å². The van der Waals surface area contributed by atoms with Crippen LogP contribution < -0.4 is 10.0 Å². The molecular formula is C18H17N3O4S. The molecule has 7 nitrogen and oxygen atoms in total. The number of oxazole rings is 1. The predicted octanol–water partition coefficient (Wildman–Crippen LogP) is 2.83. The number of carbonyl (C=O) groups excluding carboxylic acids is 1. The van der Waals surface area contributed by atoms with Crippen LogP contribution in [-0.2, 0) is 10.0 Å². The van der Waals surface area contributed by atoms with E-state index in [9.17, 15) is 13.2 Å². The molecule has 1 fully saturated rings. The molecule has 134 valence electrons. The first-order valence-electron chi connectivity index (χ1n) is 8.22. The van der Waals surface area contributed by atoms with Crippen LogP contribution in [-0.4, -0.2) is 25.4 Å². The van der Waals surface area contributed by atoms with Gasteiger partial charge >= 0.3 is 0 Å². The molecule has 1 amide bonds. The lowest BCUT2D eigenvalue weighted by molar-refractivity contribution is 0.102. The Kier molecular flexibility index (Phi) is 4.01. The topological polar surface area (TPSA) is 101 Å². The second-order valence-electron chi connectivity index (χ2n) is 6.29. The van der Waals surface area contributed by atoms with Gasteiger partial charge < -0.3 is 9.73 Å². The van der Waals surface area contributed by atoms with E-state index in [1.54, 1.807) is 25.1 Å². The smallest absolute Gasteiger partial charge is 0.255 e. The maximum Gasteiger partial charge on any atom is 0.255 e. The summed E-state index contributed by atoms with van der Waals surface area (Å²) >= 11 is 0. The lowest BCUT2D eigenvalue weighted by Gasteiger charge is -2.08. The quantitative estimate of drug-likeness (QED) is 0.718. The Balaban J connectivity index is 1.50. The molecule has 26 heavy (non-hydrogen) atoms. The van der Waals surface area contributed by atoms with E-state index in [-0.39, 0.29) is 16.8 Å². The summed E-state index contributed by atoms with van der Waals surface area (Å²) in [4.78, 5) is 16.8. The van der Waals surface area contributed by atoms with Crippen LogP contribution in [0.1, 0.15) is 29.1 Å². The van der Waals surface area contributed by atoms with Crippen LogP contribution in [0, 0.1) is 6.92 Å². The number of rotatable bonds is 5. The van der Waals surface area contributed by atoms with Gasteiger partial charge in [-0.15, -0.1) is 0 Å². The second kappa shape index (κ2) is 6.22. The van der Waals surface area contributed by atoms with Crippen molar-refractivity contribution >= 4 is 32.7 Å². The van der Waals surface area contributed by atoms with Crippen molar-refractivity contribution in [1.82, 2.24) is 9.71 Å². The molecular weight excluding hydrogens is 354 g/mol. The number of benzene rings is 2. The van der Waals surface area contributed by atoms with E-state index >= 15 is 0 Å². The molecule has 1 aliphatic carbocycles. The highest BCUT2D eigenvalue weighted by Gasteiger charge is 2.27. The molecule has 0 spiro atoms. The van der Waals surface area contributed by atoms with Gasteiger partial charge in [0.05, 0.1) is 4.90 Å². The highest BCUT2D eigenvalue weighted by molar-refractivity contribution is 7.89. The van der Waals surface area contributed by atoms with E-state index in [1.165, 1.54) is 24.3 Å². The van der Waals surface area contributed by atoms with E-state index in [0.29, 0.717) is 28.2 Å². The molecule has 1 aromatic heterocycles. The number of hydrogen-bond acceptors (Lipinski definition) is 5. The molecule has 0 saturated heterocycles. The monoisotopic (exact) mass is 371 g/mol. The van der Waals surface area contributed by atoms with Crippen LogP contribution >= 0.6 is 0 Å². The SMILES string of the molecule is Cc1nc2cc(NC(=O)c3ccc(S(=O)(=O)NC4CC4)cc3)ccc2o1. The molecule has 1 aliphatic rings. The van der Waals surface area contributed by atoms with E-state index < -0.39 is 10.0 Å². The van der Waals surface area contributed by atoms with Crippen molar-refractivity contribution in [2.24, 2.45) is 0 Å². The Morgan fingerprint density at radius 2 is 1.88 bits per heavy atom. The summed E-state index contributed by atoms with van der Waals surface area (Å²) in [7, 11) is -3.52. The summed E-state index contributed by atoms with van der Waals surface area (Å²) in [6.07, 6.45) is 1.74. The largest absolute Gasteiger partial charge is 0.441 e. The summed E-state index contributed by atoms with van der Waals surface area (Å²) in [5.41, 5.74) is 2.26. The molecule has 3 aromatic rings. The summed E-state index contributed by atoms with van der Waals surface area (Å²) in [6, 6.07) is 11.1. The number of hydrogen-bond donors (Lipinski definition) is 2. The Hall–Kier alpha value is -2.71. The molecule has 0 bridgehead atoms. The fraction of sp³-hybridized carbons (Fsp3) is 0.222. The molecule has 4 rings (SSSR count). The first-order chi connectivity index (χ1) is 12.4. The van der Waals surface area contributed by atoms with Crippen LogP contribution in [0.5, 0.6) is 0 Å². The number of aromatic nitrogens is 1. The maximum atomic E-state index is 12.4. The highest BCUT2D eigenvalue weighted by atomic mass is 32.2. The first kappa shape index (κ1) is 16.7. The molecule has 2 N–H and O–H groups in total. The third-order valence-electron chi connectivity index (χ3n) is 4.08. The molecule has 0 unspecified atom stereocenters. The average molecular weight is 371 g/mol. The Bertz CT molecular complexity index is 1080. The number of aryl methyl sites for hydroxylation is 1. The fourth-order valence-electron chi connectivity index (χ4n) is 2.60. The van der Waals surface area contributed by atoms with Crippen molar-refractivity contribution < 1.29 is 17.6 Å². The number of nitrogens with one attached hydrogen (secondary N) is 2. The van der Waals surface area contributed by atoms with Gasteiger partial charge in [-0.3, -0.25) is 4.79 Å². The zero-order valence-electron chi connectivity index (χ0n) is 14.0. The lowest BCUT2D eigenvalue weighted by Crippen LogP contribution is -2.25. The van der Waals surface area contributed by atoms with Gasteiger partial charge in [0.1, 0.15) is 5.52 Å². The van der Waals surface area contributed by atoms with Gasteiger partial charge in [-0.2, -0.15) is 0 Å². The van der Waals surface area contributed by atoms with Crippen molar-refractivity contribution in [2.75, 3.05) is 5.32 Å². The number of sulfonamides is 1. The summed E-state index contributed by atoms with van der Waals surface area (Å²) in [5, 5.41) is 2.77. The van der Waals surface area contributed by atoms with Crippen LogP contribution in [0.3, 0.4) is 0 Å². The minimum atomic E-state index is -3.52. The van der Waals surface area contributed by atoms with Crippen molar-refractivity contribution in [3.05, 3.63) is 53.9 Å². The molecule has 0 radical (unpaired) electrons. The minimum absolute atomic E-state index is 0.0399. The maximum absolute atomic E-state index is 12.4. The minimum Gasteiger partial charge on any atom is -0.441 e. The predicted molar refractivity (Wildman–Crippen MR) is 96.5 cm³/mol. The van der Waals surface area contributed by atoms with Crippen molar-refractivity contribution in [3.8, 4) is 0 Å². The van der Waals surface area contributed by atoms with Gasteiger partial charge in [-0.05, 0) is 55.3 Å². The normalized spacial score (nSPS) is 14.5. The molecule has 0 aliphatic heterocycles. The van der Waals surface area contributed by atoms with Gasteiger partial charge in [0.15, 0.2) is 11.5 Å². The lowest BCUT2D eigenvalue weighted by atomic mass is 10.2. The summed E-state index contributed by atoms with van der Waals surface area (Å²) < 4.78 is 32.3. The van der Waals surface area contributed by atoms with Crippen molar-refractivity contribution in [3.63, 3.8) is 0 Å². The van der Waals surface area contributed by atoms with E-state index in [0.717, 1.165) is 12.8 Å². The van der Waals surface area contributed by atoms with E-state index in [1.807, 2.05) is 0 Å². The number of fused-ring (bicyclic) bond motifs is 1. The zero-order valence-corrected chi connectivity index (χ0v) is 14.8. The van der Waals surface area contributed by atoms with Crippen molar-refractivity contribution in [2.45, 2.75) is 30.7 Å². The number of anilines is 1. The summed E-state index contributed by atoms with van der Waals surface area (Å²) in [6.45, 7) is 1.76. The van der Waals surface area contributed by atoms with Crippen LogP contribution in [0.15, 0.2) is 51.8 Å². The number of amides is 1. The van der Waals surface area contributed by atoms with Gasteiger partial charge in [0.2, 0.25) is 10.0 Å². The third-order valence-corrected chi connectivity index (χ3v) is 5.61. The van der Waals surface area contributed by atoms with Gasteiger partial charge in [-0.1, -0.05) is 0 Å². The standard InChI is InChI=1S/C18H17N3O4S/c1-11-19-16-10-14(6-9-17(16)25-11)20-18(22)12-2-7-15(8-3-12)26(23,24)21-13-4-5-13/h2-3,6-10,13,21H,4-5H2,1H3,(H,20,22). The molecule has 0 atom stereocenters. The highest BCUT2D eigenvalue weighted by Crippen LogP contribution is 2.23. The number of carbonyl (C=O) groups is 1. The average Bonchev–Trinajstić information content (AvgIpc) is 3.32.